The summed E-state index contributed by atoms with van der Waals surface area (Å²) in [6.07, 6.45) is 4.84. The van der Waals surface area contributed by atoms with Crippen molar-refractivity contribution in [1.29, 1.82) is 0 Å². The van der Waals surface area contributed by atoms with E-state index >= 15 is 0 Å². The van der Waals surface area contributed by atoms with Gasteiger partial charge in [-0.05, 0) is 34.5 Å². The average molecular weight is 362 g/mol. The smallest absolute Gasteiger partial charge is 0.249 e. The van der Waals surface area contributed by atoms with E-state index in [0.29, 0.717) is 13.0 Å². The van der Waals surface area contributed by atoms with Crippen LogP contribution in [-0.4, -0.2) is 47.3 Å². The zero-order valence-electron chi connectivity index (χ0n) is 14.5. The summed E-state index contributed by atoms with van der Waals surface area (Å²) in [6.45, 7) is 0.520. The summed E-state index contributed by atoms with van der Waals surface area (Å²) >= 11 is 0. The van der Waals surface area contributed by atoms with Crippen LogP contribution >= 0.6 is 0 Å². The van der Waals surface area contributed by atoms with Crippen molar-refractivity contribution in [3.8, 4) is 0 Å². The van der Waals surface area contributed by atoms with Gasteiger partial charge in [-0.2, -0.15) is 0 Å². The lowest BCUT2D eigenvalue weighted by Gasteiger charge is -2.16. The third-order valence-electron chi connectivity index (χ3n) is 4.25. The summed E-state index contributed by atoms with van der Waals surface area (Å²) in [5.74, 6) is 0.722. The Hall–Kier alpha value is -3.62. The quantitative estimate of drug-likeness (QED) is 0.493. The minimum Gasteiger partial charge on any atom is -0.354 e. The number of aryl methyl sites for hydroxylation is 1. The number of pyridine rings is 1. The van der Waals surface area contributed by atoms with Gasteiger partial charge in [-0.3, -0.25) is 9.20 Å². The molecule has 0 aliphatic rings. The van der Waals surface area contributed by atoms with Crippen LogP contribution in [-0.2, 0) is 11.2 Å². The van der Waals surface area contributed by atoms with E-state index in [9.17, 15) is 4.79 Å². The maximum absolute atomic E-state index is 12.8. The highest BCUT2D eigenvalue weighted by Crippen LogP contribution is 2.16. The van der Waals surface area contributed by atoms with Crippen LogP contribution in [0.3, 0.4) is 0 Å². The minimum absolute atomic E-state index is 0.153. The standard InChI is InChI=1S/C18H18N8O/c27-18(17(26-13-20-23-24-26)14-7-2-1-3-8-14)19-11-6-10-16-22-21-15-9-4-5-12-25(15)16/h1-5,7-9,12-13,17H,6,10-11H2,(H,19,27)/t17-/m0/s1. The third kappa shape index (κ3) is 3.66. The summed E-state index contributed by atoms with van der Waals surface area (Å²) in [7, 11) is 0. The van der Waals surface area contributed by atoms with E-state index in [-0.39, 0.29) is 5.91 Å². The minimum atomic E-state index is -0.602. The van der Waals surface area contributed by atoms with E-state index < -0.39 is 6.04 Å². The van der Waals surface area contributed by atoms with Crippen molar-refractivity contribution in [3.63, 3.8) is 0 Å². The van der Waals surface area contributed by atoms with E-state index in [1.807, 2.05) is 59.1 Å². The van der Waals surface area contributed by atoms with Gasteiger partial charge in [0.25, 0.3) is 0 Å². The number of benzene rings is 1. The molecule has 0 aliphatic carbocycles. The Bertz CT molecular complexity index is 1010. The van der Waals surface area contributed by atoms with Gasteiger partial charge in [0.1, 0.15) is 12.2 Å². The first-order valence-electron chi connectivity index (χ1n) is 8.67. The number of hydrogen-bond donors (Lipinski definition) is 1. The molecule has 1 amide bonds. The Kier molecular flexibility index (Phi) is 4.82. The van der Waals surface area contributed by atoms with Crippen LogP contribution in [0.2, 0.25) is 0 Å². The number of carbonyl (C=O) groups is 1. The second-order valence-corrected chi connectivity index (χ2v) is 6.04. The molecule has 9 nitrogen and oxygen atoms in total. The number of nitrogens with zero attached hydrogens (tertiary/aromatic N) is 7. The van der Waals surface area contributed by atoms with Gasteiger partial charge in [-0.1, -0.05) is 36.4 Å². The molecule has 3 heterocycles. The molecular weight excluding hydrogens is 344 g/mol. The summed E-state index contributed by atoms with van der Waals surface area (Å²) in [6, 6.07) is 14.6. The van der Waals surface area contributed by atoms with Crippen LogP contribution in [0.4, 0.5) is 0 Å². The fourth-order valence-corrected chi connectivity index (χ4v) is 2.96. The van der Waals surface area contributed by atoms with Crippen LogP contribution in [0.1, 0.15) is 23.9 Å². The molecule has 0 unspecified atom stereocenters. The summed E-state index contributed by atoms with van der Waals surface area (Å²) in [4.78, 5) is 12.8. The number of nitrogens with one attached hydrogen (secondary N) is 1. The van der Waals surface area contributed by atoms with E-state index in [2.05, 4.69) is 31.0 Å². The lowest BCUT2D eigenvalue weighted by atomic mass is 10.1. The average Bonchev–Trinajstić information content (AvgIpc) is 3.37. The fraction of sp³-hybridized carbons (Fsp3) is 0.222. The fourth-order valence-electron chi connectivity index (χ4n) is 2.96. The summed E-state index contributed by atoms with van der Waals surface area (Å²) in [5.41, 5.74) is 1.64. The molecule has 1 aromatic carbocycles. The highest BCUT2D eigenvalue weighted by atomic mass is 16.2. The van der Waals surface area contributed by atoms with Gasteiger partial charge in [-0.25, -0.2) is 4.68 Å². The third-order valence-corrected chi connectivity index (χ3v) is 4.25. The van der Waals surface area contributed by atoms with Crippen LogP contribution in [0, 0.1) is 0 Å². The van der Waals surface area contributed by atoms with Crippen LogP contribution in [0.25, 0.3) is 5.65 Å². The van der Waals surface area contributed by atoms with Crippen molar-refractivity contribution in [2.45, 2.75) is 18.9 Å². The Morgan fingerprint density at radius 3 is 2.74 bits per heavy atom. The molecule has 0 saturated heterocycles. The maximum Gasteiger partial charge on any atom is 0.249 e. The largest absolute Gasteiger partial charge is 0.354 e. The number of amides is 1. The molecule has 3 aromatic heterocycles. The second kappa shape index (κ2) is 7.73. The van der Waals surface area contributed by atoms with E-state index in [4.69, 9.17) is 0 Å². The molecule has 27 heavy (non-hydrogen) atoms. The molecule has 0 aliphatic heterocycles. The van der Waals surface area contributed by atoms with Crippen molar-refractivity contribution in [3.05, 3.63) is 72.4 Å². The van der Waals surface area contributed by atoms with Gasteiger partial charge in [0.2, 0.25) is 5.91 Å². The number of aromatic nitrogens is 7. The number of fused-ring (bicyclic) bond motifs is 1. The van der Waals surface area contributed by atoms with Crippen molar-refractivity contribution in [2.24, 2.45) is 0 Å². The monoisotopic (exact) mass is 362 g/mol. The summed E-state index contributed by atoms with van der Waals surface area (Å²) in [5, 5.41) is 22.5. The number of tetrazole rings is 1. The Morgan fingerprint density at radius 1 is 1.07 bits per heavy atom. The highest BCUT2D eigenvalue weighted by molar-refractivity contribution is 5.83. The normalized spacial score (nSPS) is 12.1. The molecule has 0 spiro atoms. The van der Waals surface area contributed by atoms with Crippen molar-refractivity contribution < 1.29 is 4.79 Å². The molecule has 4 rings (SSSR count). The lowest BCUT2D eigenvalue weighted by Crippen LogP contribution is -2.34. The molecule has 0 fully saturated rings. The van der Waals surface area contributed by atoms with Gasteiger partial charge >= 0.3 is 0 Å². The lowest BCUT2D eigenvalue weighted by molar-refractivity contribution is -0.123. The molecule has 4 aromatic rings. The SMILES string of the molecule is O=C(NCCCc1nnc2ccccn12)[C@H](c1ccccc1)n1cnnn1. The summed E-state index contributed by atoms with van der Waals surface area (Å²) < 4.78 is 3.41. The van der Waals surface area contributed by atoms with Crippen molar-refractivity contribution >= 4 is 11.6 Å². The molecule has 1 N–H and O–H groups in total. The maximum atomic E-state index is 12.8. The first-order valence-corrected chi connectivity index (χ1v) is 8.67. The Morgan fingerprint density at radius 2 is 1.93 bits per heavy atom. The topological polar surface area (TPSA) is 103 Å². The number of carbonyl (C=O) groups excluding carboxylic acids is 1. The number of hydrogen-bond acceptors (Lipinski definition) is 6. The van der Waals surface area contributed by atoms with E-state index in [1.54, 1.807) is 0 Å². The van der Waals surface area contributed by atoms with Gasteiger partial charge in [-0.15, -0.1) is 15.3 Å². The van der Waals surface area contributed by atoms with E-state index in [1.165, 1.54) is 11.0 Å². The number of rotatable bonds is 7. The molecule has 136 valence electrons. The van der Waals surface area contributed by atoms with Gasteiger partial charge in [0, 0.05) is 19.2 Å². The van der Waals surface area contributed by atoms with Crippen LogP contribution < -0.4 is 5.32 Å². The highest BCUT2D eigenvalue weighted by Gasteiger charge is 2.23. The molecule has 1 atom stereocenters. The molecule has 0 radical (unpaired) electrons. The van der Waals surface area contributed by atoms with Crippen LogP contribution in [0.5, 0.6) is 0 Å². The van der Waals surface area contributed by atoms with E-state index in [0.717, 1.165) is 23.5 Å². The zero-order chi connectivity index (χ0) is 18.5. The second-order valence-electron chi connectivity index (χ2n) is 6.04. The first kappa shape index (κ1) is 16.8. The predicted molar refractivity (Wildman–Crippen MR) is 96.7 cm³/mol. The van der Waals surface area contributed by atoms with Gasteiger partial charge in [0.05, 0.1) is 0 Å². The molecule has 0 saturated carbocycles. The molecule has 0 bridgehead atoms. The van der Waals surface area contributed by atoms with Gasteiger partial charge in [0.15, 0.2) is 11.7 Å². The predicted octanol–water partition coefficient (Wildman–Crippen LogP) is 1.05. The molecule has 9 heteroatoms. The van der Waals surface area contributed by atoms with Gasteiger partial charge < -0.3 is 5.32 Å². The first-order chi connectivity index (χ1) is 13.3. The molecular formula is C18H18N8O. The van der Waals surface area contributed by atoms with Crippen LogP contribution in [0.15, 0.2) is 61.1 Å². The Balaban J connectivity index is 1.39. The Labute approximate surface area is 155 Å². The van der Waals surface area contributed by atoms with Crippen molar-refractivity contribution in [1.82, 2.24) is 40.1 Å². The van der Waals surface area contributed by atoms with Crippen molar-refractivity contribution in [2.75, 3.05) is 6.54 Å². The zero-order valence-corrected chi connectivity index (χ0v) is 14.5.